The number of halogens is 2. The van der Waals surface area contributed by atoms with E-state index in [1.54, 1.807) is 43.3 Å². The molecular weight excluding hydrogens is 457 g/mol. The van der Waals surface area contributed by atoms with E-state index in [4.69, 9.17) is 32.7 Å². The van der Waals surface area contributed by atoms with E-state index in [1.165, 1.54) is 12.0 Å². The van der Waals surface area contributed by atoms with Gasteiger partial charge in [0.25, 0.3) is 5.91 Å². The van der Waals surface area contributed by atoms with Crippen molar-refractivity contribution in [1.82, 2.24) is 9.88 Å². The molecule has 10 heteroatoms. The predicted octanol–water partition coefficient (Wildman–Crippen LogP) is 4.63. The van der Waals surface area contributed by atoms with Crippen molar-refractivity contribution in [3.05, 3.63) is 57.7 Å². The molecule has 2 aromatic carbocycles. The number of rotatable bonds is 6. The minimum Gasteiger partial charge on any atom is -0.497 e. The number of esters is 1. The number of fused-ring (bicyclic) bond motifs is 1. The van der Waals surface area contributed by atoms with Gasteiger partial charge < -0.3 is 19.4 Å². The standard InChI is InChI=1S/C22H19Cl2N3O5/c1-3-32-21(29)20-15(19-16(24)8-12(23)9-17(19)25-20)10-26-11-18(28)27(22(26)30)13-4-6-14(31-2)7-5-13/h4-9,25H,3,10-11H2,1-2H3. The molecule has 0 saturated carbocycles. The van der Waals surface area contributed by atoms with Gasteiger partial charge in [0.15, 0.2) is 0 Å². The maximum absolute atomic E-state index is 13.1. The lowest BCUT2D eigenvalue weighted by Crippen LogP contribution is -2.33. The van der Waals surface area contributed by atoms with Crippen molar-refractivity contribution in [3.63, 3.8) is 0 Å². The van der Waals surface area contributed by atoms with Crippen molar-refractivity contribution in [1.29, 1.82) is 0 Å². The fraction of sp³-hybridized carbons (Fsp3) is 0.227. The van der Waals surface area contributed by atoms with Crippen LogP contribution in [0.1, 0.15) is 23.0 Å². The number of urea groups is 1. The number of ether oxygens (including phenoxy) is 2. The van der Waals surface area contributed by atoms with Crippen molar-refractivity contribution in [2.24, 2.45) is 0 Å². The molecule has 3 amide bonds. The molecule has 1 aromatic heterocycles. The lowest BCUT2D eigenvalue weighted by Gasteiger charge is -2.18. The maximum atomic E-state index is 13.1. The minimum absolute atomic E-state index is 0.0211. The van der Waals surface area contributed by atoms with Gasteiger partial charge in [0.1, 0.15) is 18.0 Å². The highest BCUT2D eigenvalue weighted by atomic mass is 35.5. The third-order valence-electron chi connectivity index (χ3n) is 5.11. The molecule has 0 unspecified atom stereocenters. The van der Waals surface area contributed by atoms with E-state index in [2.05, 4.69) is 4.98 Å². The number of carbonyl (C=O) groups excluding carboxylic acids is 3. The SMILES string of the molecule is CCOC(=O)c1[nH]c2cc(Cl)cc(Cl)c2c1CN1CC(=O)N(c2ccc(OC)cc2)C1=O. The van der Waals surface area contributed by atoms with Gasteiger partial charge in [-0.3, -0.25) is 4.79 Å². The van der Waals surface area contributed by atoms with Crippen molar-refractivity contribution in [3.8, 4) is 5.75 Å². The predicted molar refractivity (Wildman–Crippen MR) is 121 cm³/mol. The maximum Gasteiger partial charge on any atom is 0.355 e. The van der Waals surface area contributed by atoms with Crippen LogP contribution in [-0.4, -0.2) is 48.1 Å². The van der Waals surface area contributed by atoms with Crippen LogP contribution in [0.4, 0.5) is 10.5 Å². The third-order valence-corrected chi connectivity index (χ3v) is 5.63. The van der Waals surface area contributed by atoms with Crippen LogP contribution in [0, 0.1) is 0 Å². The Hall–Kier alpha value is -3.23. The molecule has 32 heavy (non-hydrogen) atoms. The Labute approximate surface area is 193 Å². The Morgan fingerprint density at radius 1 is 1.16 bits per heavy atom. The van der Waals surface area contributed by atoms with E-state index in [1.807, 2.05) is 0 Å². The molecule has 166 valence electrons. The summed E-state index contributed by atoms with van der Waals surface area (Å²) >= 11 is 12.5. The molecule has 1 aliphatic rings. The first-order valence-corrected chi connectivity index (χ1v) is 10.5. The van der Waals surface area contributed by atoms with Crippen LogP contribution in [0.25, 0.3) is 10.9 Å². The summed E-state index contributed by atoms with van der Waals surface area (Å²) in [5, 5.41) is 1.25. The number of hydrogen-bond donors (Lipinski definition) is 1. The van der Waals surface area contributed by atoms with Gasteiger partial charge in [0.2, 0.25) is 0 Å². The lowest BCUT2D eigenvalue weighted by atomic mass is 10.1. The lowest BCUT2D eigenvalue weighted by molar-refractivity contribution is -0.116. The molecule has 0 radical (unpaired) electrons. The van der Waals surface area contributed by atoms with Crippen LogP contribution in [0.5, 0.6) is 5.75 Å². The van der Waals surface area contributed by atoms with E-state index in [0.29, 0.717) is 37.9 Å². The van der Waals surface area contributed by atoms with Crippen LogP contribution < -0.4 is 9.64 Å². The van der Waals surface area contributed by atoms with Crippen LogP contribution >= 0.6 is 23.2 Å². The Morgan fingerprint density at radius 3 is 2.53 bits per heavy atom. The molecule has 1 saturated heterocycles. The largest absolute Gasteiger partial charge is 0.497 e. The van der Waals surface area contributed by atoms with E-state index in [9.17, 15) is 14.4 Å². The summed E-state index contributed by atoms with van der Waals surface area (Å²) < 4.78 is 10.3. The summed E-state index contributed by atoms with van der Waals surface area (Å²) in [5.41, 5.74) is 1.58. The Kier molecular flexibility index (Phi) is 5.99. The van der Waals surface area contributed by atoms with E-state index in [-0.39, 0.29) is 31.3 Å². The van der Waals surface area contributed by atoms with Crippen LogP contribution in [0.2, 0.25) is 10.0 Å². The number of methoxy groups -OCH3 is 1. The number of nitrogens with one attached hydrogen (secondary N) is 1. The topological polar surface area (TPSA) is 91.9 Å². The molecule has 0 aliphatic carbocycles. The summed E-state index contributed by atoms with van der Waals surface area (Å²) in [6.45, 7) is 1.70. The number of aromatic amines is 1. The Morgan fingerprint density at radius 2 is 1.88 bits per heavy atom. The van der Waals surface area contributed by atoms with Gasteiger partial charge >= 0.3 is 12.0 Å². The van der Waals surface area contributed by atoms with Gasteiger partial charge in [-0.1, -0.05) is 23.2 Å². The van der Waals surface area contributed by atoms with Crippen molar-refractivity contribution in [2.45, 2.75) is 13.5 Å². The number of carbonyl (C=O) groups is 3. The smallest absolute Gasteiger partial charge is 0.355 e. The zero-order chi connectivity index (χ0) is 23.0. The van der Waals surface area contributed by atoms with E-state index in [0.717, 1.165) is 4.90 Å². The van der Waals surface area contributed by atoms with Crippen LogP contribution in [0.3, 0.4) is 0 Å². The number of imide groups is 1. The van der Waals surface area contributed by atoms with Gasteiger partial charge in [-0.15, -0.1) is 0 Å². The summed E-state index contributed by atoms with van der Waals surface area (Å²) in [7, 11) is 1.53. The number of aromatic nitrogens is 1. The van der Waals surface area contributed by atoms with Gasteiger partial charge in [-0.25, -0.2) is 14.5 Å². The third kappa shape index (κ3) is 3.87. The minimum atomic E-state index is -0.587. The average Bonchev–Trinajstić information content (AvgIpc) is 3.25. The van der Waals surface area contributed by atoms with Crippen LogP contribution in [0.15, 0.2) is 36.4 Å². The Balaban J connectivity index is 1.71. The zero-order valence-electron chi connectivity index (χ0n) is 17.3. The van der Waals surface area contributed by atoms with Crippen molar-refractivity contribution < 1.29 is 23.9 Å². The number of hydrogen-bond acceptors (Lipinski definition) is 5. The first kappa shape index (κ1) is 22.0. The number of anilines is 1. The molecule has 1 fully saturated rings. The second kappa shape index (κ2) is 8.72. The monoisotopic (exact) mass is 475 g/mol. The van der Waals surface area contributed by atoms with Gasteiger partial charge in [0, 0.05) is 21.5 Å². The first-order valence-electron chi connectivity index (χ1n) is 9.76. The molecule has 1 N–H and O–H groups in total. The quantitative estimate of drug-likeness (QED) is 0.414. The van der Waals surface area contributed by atoms with Gasteiger partial charge in [-0.05, 0) is 43.3 Å². The highest BCUT2D eigenvalue weighted by Gasteiger charge is 2.38. The fourth-order valence-electron chi connectivity index (χ4n) is 3.70. The summed E-state index contributed by atoms with van der Waals surface area (Å²) in [5.74, 6) is -0.362. The van der Waals surface area contributed by atoms with E-state index < -0.39 is 12.0 Å². The first-order chi connectivity index (χ1) is 15.3. The number of nitrogens with zero attached hydrogens (tertiary/aromatic N) is 2. The summed E-state index contributed by atoms with van der Waals surface area (Å²) in [6.07, 6.45) is 0. The Bertz CT molecular complexity index is 1220. The fourth-order valence-corrected chi connectivity index (χ4v) is 4.31. The second-order valence-corrected chi connectivity index (χ2v) is 7.92. The molecule has 0 bridgehead atoms. The highest BCUT2D eigenvalue weighted by Crippen LogP contribution is 2.35. The summed E-state index contributed by atoms with van der Waals surface area (Å²) in [4.78, 5) is 43.8. The molecule has 8 nitrogen and oxygen atoms in total. The number of benzene rings is 2. The van der Waals surface area contributed by atoms with Crippen molar-refractivity contribution >= 4 is 57.7 Å². The van der Waals surface area contributed by atoms with Crippen molar-refractivity contribution in [2.75, 3.05) is 25.2 Å². The van der Waals surface area contributed by atoms with E-state index >= 15 is 0 Å². The molecule has 3 aromatic rings. The molecule has 0 spiro atoms. The molecule has 0 atom stereocenters. The van der Waals surface area contributed by atoms with Crippen LogP contribution in [-0.2, 0) is 16.1 Å². The molecule has 4 rings (SSSR count). The summed E-state index contributed by atoms with van der Waals surface area (Å²) in [6, 6.07) is 9.28. The van der Waals surface area contributed by atoms with Gasteiger partial charge in [-0.2, -0.15) is 0 Å². The normalized spacial score (nSPS) is 13.9. The van der Waals surface area contributed by atoms with Gasteiger partial charge in [0.05, 0.1) is 31.0 Å². The number of amides is 3. The second-order valence-electron chi connectivity index (χ2n) is 7.08. The average molecular weight is 476 g/mol. The number of H-pyrrole nitrogens is 1. The zero-order valence-corrected chi connectivity index (χ0v) is 18.8. The molecule has 1 aliphatic heterocycles. The highest BCUT2D eigenvalue weighted by molar-refractivity contribution is 6.39. The molecule has 2 heterocycles. The molecular formula is C22H19Cl2N3O5.